The first kappa shape index (κ1) is 21.3. The summed E-state index contributed by atoms with van der Waals surface area (Å²) in [5.74, 6) is -3.86. The van der Waals surface area contributed by atoms with E-state index >= 15 is 0 Å². The van der Waals surface area contributed by atoms with Crippen LogP contribution in [0.1, 0.15) is 29.3 Å². The number of carbonyl (C=O) groups excluding carboxylic acids is 2. The number of benzene rings is 1. The third-order valence-corrected chi connectivity index (χ3v) is 6.09. The van der Waals surface area contributed by atoms with Gasteiger partial charge in [0.15, 0.2) is 5.41 Å². The molecule has 0 aliphatic carbocycles. The van der Waals surface area contributed by atoms with E-state index in [2.05, 4.69) is 5.32 Å². The van der Waals surface area contributed by atoms with Crippen molar-refractivity contribution in [3.05, 3.63) is 58.3 Å². The lowest BCUT2D eigenvalue weighted by atomic mass is 9.67. The topological polar surface area (TPSA) is 64.6 Å². The average molecular weight is 427 g/mol. The molecular formula is C20H20F3NO4S. The Kier molecular flexibility index (Phi) is 6.00. The Morgan fingerprint density at radius 3 is 2.38 bits per heavy atom. The monoisotopic (exact) mass is 427 g/mol. The van der Waals surface area contributed by atoms with Crippen molar-refractivity contribution in [3.8, 4) is 0 Å². The summed E-state index contributed by atoms with van der Waals surface area (Å²) < 4.78 is 54.2. The van der Waals surface area contributed by atoms with Crippen LogP contribution in [0.2, 0.25) is 0 Å². The van der Waals surface area contributed by atoms with Gasteiger partial charge in [-0.05, 0) is 23.9 Å². The van der Waals surface area contributed by atoms with Gasteiger partial charge >= 0.3 is 18.1 Å². The first-order valence-electron chi connectivity index (χ1n) is 8.95. The van der Waals surface area contributed by atoms with Crippen molar-refractivity contribution in [3.63, 3.8) is 0 Å². The first-order valence-corrected chi connectivity index (χ1v) is 9.83. The van der Waals surface area contributed by atoms with Crippen LogP contribution < -0.4 is 5.32 Å². The van der Waals surface area contributed by atoms with Crippen molar-refractivity contribution in [2.24, 2.45) is 5.41 Å². The lowest BCUT2D eigenvalue weighted by Gasteiger charge is -2.38. The van der Waals surface area contributed by atoms with Gasteiger partial charge in [-0.3, -0.25) is 14.9 Å². The summed E-state index contributed by atoms with van der Waals surface area (Å²) in [6.45, 7) is 1.22. The molecular weight excluding hydrogens is 407 g/mol. The standard InChI is InChI=1S/C20H20F3NO4S/c1-3-28-18(26)19(20(21,22)23)14(12-8-5-4-6-9-12)15(17(25)27-2)24-16(19)13-10-7-11-29-13/h4-11,14-16,24H,3H2,1-2H3/t14-,15+,16+,19-/m1/s1. The fourth-order valence-electron chi connectivity index (χ4n) is 4.01. The minimum Gasteiger partial charge on any atom is -0.468 e. The molecule has 2 heterocycles. The number of thiophene rings is 1. The maximum absolute atomic E-state index is 14.8. The summed E-state index contributed by atoms with van der Waals surface area (Å²) in [6, 6.07) is 7.92. The Morgan fingerprint density at radius 2 is 1.86 bits per heavy atom. The van der Waals surface area contributed by atoms with Crippen molar-refractivity contribution in [2.45, 2.75) is 31.1 Å². The van der Waals surface area contributed by atoms with E-state index in [0.717, 1.165) is 18.4 Å². The fourth-order valence-corrected chi connectivity index (χ4v) is 4.87. The zero-order valence-electron chi connectivity index (χ0n) is 15.7. The van der Waals surface area contributed by atoms with E-state index in [4.69, 9.17) is 9.47 Å². The zero-order chi connectivity index (χ0) is 21.2. The lowest BCUT2D eigenvalue weighted by molar-refractivity contribution is -0.242. The summed E-state index contributed by atoms with van der Waals surface area (Å²) in [5, 5.41) is 4.36. The molecule has 1 aromatic heterocycles. The van der Waals surface area contributed by atoms with Crippen molar-refractivity contribution in [2.75, 3.05) is 13.7 Å². The number of hydrogen-bond donors (Lipinski definition) is 1. The van der Waals surface area contributed by atoms with Crippen molar-refractivity contribution >= 4 is 23.3 Å². The van der Waals surface area contributed by atoms with Gasteiger partial charge in [0, 0.05) is 10.8 Å². The average Bonchev–Trinajstić information content (AvgIpc) is 3.33. The largest absolute Gasteiger partial charge is 0.468 e. The Morgan fingerprint density at radius 1 is 1.17 bits per heavy atom. The smallest absolute Gasteiger partial charge is 0.407 e. The number of hydrogen-bond acceptors (Lipinski definition) is 6. The molecule has 9 heteroatoms. The quantitative estimate of drug-likeness (QED) is 0.735. The number of esters is 2. The van der Waals surface area contributed by atoms with Crippen molar-refractivity contribution in [1.29, 1.82) is 0 Å². The van der Waals surface area contributed by atoms with Crippen LogP contribution in [0.4, 0.5) is 13.2 Å². The molecule has 4 atom stereocenters. The van der Waals surface area contributed by atoms with Gasteiger partial charge in [-0.25, -0.2) is 0 Å². The van der Waals surface area contributed by atoms with Gasteiger partial charge in [-0.2, -0.15) is 13.2 Å². The number of halogens is 3. The molecule has 0 saturated carbocycles. The van der Waals surface area contributed by atoms with Crippen LogP contribution in [0.5, 0.6) is 0 Å². The number of ether oxygens (including phenoxy) is 2. The Balaban J connectivity index is 2.33. The predicted molar refractivity (Wildman–Crippen MR) is 100 cm³/mol. The number of nitrogens with one attached hydrogen (secondary N) is 1. The molecule has 2 aromatic rings. The second-order valence-electron chi connectivity index (χ2n) is 6.59. The van der Waals surface area contributed by atoms with Crippen LogP contribution in [0, 0.1) is 5.41 Å². The Bertz CT molecular complexity index is 856. The van der Waals surface area contributed by atoms with E-state index < -0.39 is 41.5 Å². The molecule has 1 fully saturated rings. The molecule has 1 aliphatic heterocycles. The van der Waals surface area contributed by atoms with Crippen LogP contribution in [0.15, 0.2) is 47.8 Å². The molecule has 1 aliphatic rings. The molecule has 3 rings (SSSR count). The highest BCUT2D eigenvalue weighted by Gasteiger charge is 2.76. The molecule has 0 radical (unpaired) electrons. The van der Waals surface area contributed by atoms with E-state index in [-0.39, 0.29) is 17.0 Å². The maximum Gasteiger partial charge on any atom is 0.407 e. The van der Waals surface area contributed by atoms with E-state index in [9.17, 15) is 22.8 Å². The molecule has 1 aromatic carbocycles. The molecule has 5 nitrogen and oxygen atoms in total. The van der Waals surface area contributed by atoms with E-state index in [1.54, 1.807) is 29.6 Å². The highest BCUT2D eigenvalue weighted by atomic mass is 32.1. The molecule has 0 spiro atoms. The lowest BCUT2D eigenvalue weighted by Crippen LogP contribution is -2.53. The van der Waals surface area contributed by atoms with E-state index in [1.807, 2.05) is 0 Å². The molecule has 1 N–H and O–H groups in total. The van der Waals surface area contributed by atoms with Crippen LogP contribution in [0.3, 0.4) is 0 Å². The molecule has 0 amide bonds. The third-order valence-electron chi connectivity index (χ3n) is 5.15. The minimum absolute atomic E-state index is 0.194. The zero-order valence-corrected chi connectivity index (χ0v) is 16.5. The van der Waals surface area contributed by atoms with Crippen LogP contribution in [-0.4, -0.2) is 37.9 Å². The van der Waals surface area contributed by atoms with E-state index in [0.29, 0.717) is 0 Å². The molecule has 0 bridgehead atoms. The Hall–Kier alpha value is -2.39. The summed E-state index contributed by atoms with van der Waals surface area (Å²) in [6.07, 6.45) is -5.01. The van der Waals surface area contributed by atoms with Gasteiger partial charge < -0.3 is 9.47 Å². The summed E-state index contributed by atoms with van der Waals surface area (Å²) in [5.41, 5.74) is -2.81. The van der Waals surface area contributed by atoms with Gasteiger partial charge in [0.05, 0.1) is 19.8 Å². The highest BCUT2D eigenvalue weighted by molar-refractivity contribution is 7.10. The normalized spacial score (nSPS) is 26.9. The first-order chi connectivity index (χ1) is 13.8. The summed E-state index contributed by atoms with van der Waals surface area (Å²) in [4.78, 5) is 25.8. The van der Waals surface area contributed by atoms with Crippen LogP contribution in [-0.2, 0) is 19.1 Å². The number of alkyl halides is 3. The minimum atomic E-state index is -5.01. The van der Waals surface area contributed by atoms with Crippen LogP contribution in [0.25, 0.3) is 0 Å². The van der Waals surface area contributed by atoms with Crippen LogP contribution >= 0.6 is 11.3 Å². The van der Waals surface area contributed by atoms with Gasteiger partial charge in [0.25, 0.3) is 0 Å². The Labute approximate surface area is 169 Å². The SMILES string of the molecule is CCOC(=O)[C@@]1(C(F)(F)F)[C@H](c2ccccc2)[C@@H](C(=O)OC)N[C@H]1c1cccs1. The summed E-state index contributed by atoms with van der Waals surface area (Å²) >= 11 is 1.07. The second kappa shape index (κ2) is 8.16. The fraction of sp³-hybridized carbons (Fsp3) is 0.400. The van der Waals surface area contributed by atoms with E-state index in [1.165, 1.54) is 25.1 Å². The molecule has 156 valence electrons. The second-order valence-corrected chi connectivity index (χ2v) is 7.57. The van der Waals surface area contributed by atoms with Crippen molar-refractivity contribution in [1.82, 2.24) is 5.32 Å². The van der Waals surface area contributed by atoms with Gasteiger partial charge in [0.2, 0.25) is 0 Å². The van der Waals surface area contributed by atoms with Gasteiger partial charge in [-0.15, -0.1) is 11.3 Å². The highest BCUT2D eigenvalue weighted by Crippen LogP contribution is 2.62. The third kappa shape index (κ3) is 3.42. The molecule has 29 heavy (non-hydrogen) atoms. The molecule has 1 saturated heterocycles. The maximum atomic E-state index is 14.8. The van der Waals surface area contributed by atoms with Gasteiger partial charge in [-0.1, -0.05) is 36.4 Å². The predicted octanol–water partition coefficient (Wildman–Crippen LogP) is 3.83. The summed E-state index contributed by atoms with van der Waals surface area (Å²) in [7, 11) is 1.10. The number of carbonyl (C=O) groups is 2. The number of rotatable bonds is 5. The molecule has 0 unspecified atom stereocenters. The van der Waals surface area contributed by atoms with Gasteiger partial charge in [0.1, 0.15) is 6.04 Å². The van der Waals surface area contributed by atoms with Crippen molar-refractivity contribution < 1.29 is 32.2 Å². The number of methoxy groups -OCH3 is 1.